The maximum Gasteiger partial charge on any atom is 0.201 e. The molecule has 27 heavy (non-hydrogen) atoms. The lowest BCUT2D eigenvalue weighted by Gasteiger charge is -2.33. The van der Waals surface area contributed by atoms with Crippen molar-refractivity contribution in [1.82, 2.24) is 0 Å². The molecule has 2 aliphatic carbocycles. The molecule has 2 fully saturated rings. The van der Waals surface area contributed by atoms with Crippen LogP contribution in [0.15, 0.2) is 0 Å². The number of hydrogen-bond acceptors (Lipinski definition) is 1. The number of hydrogen-bond donors (Lipinski definition) is 0. The van der Waals surface area contributed by atoms with Gasteiger partial charge < -0.3 is 4.74 Å². The summed E-state index contributed by atoms with van der Waals surface area (Å²) in [6, 6.07) is 0. The minimum Gasteiger partial charge on any atom is -0.490 e. The summed E-state index contributed by atoms with van der Waals surface area (Å²) in [5.74, 6) is -0.428. The predicted octanol–water partition coefficient (Wildman–Crippen LogP) is 7.80. The third kappa shape index (κ3) is 4.49. The molecule has 0 aliphatic heterocycles. The highest BCUT2D eigenvalue weighted by Crippen LogP contribution is 2.48. The molecule has 0 radical (unpaired) electrons. The van der Waals surface area contributed by atoms with Gasteiger partial charge in [0.2, 0.25) is 5.82 Å². The molecule has 0 N–H and O–H groups in total. The molecule has 0 bridgehead atoms. The second kappa shape index (κ2) is 9.89. The van der Waals surface area contributed by atoms with Crippen LogP contribution < -0.4 is 4.74 Å². The second-order valence-corrected chi connectivity index (χ2v) is 8.47. The van der Waals surface area contributed by atoms with E-state index in [1.54, 1.807) is 0 Å². The van der Waals surface area contributed by atoms with Gasteiger partial charge >= 0.3 is 0 Å². The minimum atomic E-state index is -0.733. The van der Waals surface area contributed by atoms with E-state index < -0.39 is 11.6 Å². The van der Waals surface area contributed by atoms with Crippen molar-refractivity contribution >= 4 is 0 Å². The molecule has 2 aliphatic rings. The van der Waals surface area contributed by atoms with Crippen LogP contribution >= 0.6 is 0 Å². The van der Waals surface area contributed by atoms with Gasteiger partial charge in [0.1, 0.15) is 0 Å². The zero-order chi connectivity index (χ0) is 19.2. The Labute approximate surface area is 163 Å². The topological polar surface area (TPSA) is 9.23 Å². The van der Waals surface area contributed by atoms with Crippen LogP contribution in [0.1, 0.15) is 119 Å². The fourth-order valence-electron chi connectivity index (χ4n) is 5.29. The first kappa shape index (κ1) is 20.6. The largest absolute Gasteiger partial charge is 0.490 e. The van der Waals surface area contributed by atoms with Crippen LogP contribution in [0.25, 0.3) is 0 Å². The monoisotopic (exact) mass is 378 g/mol. The molecule has 1 aromatic carbocycles. The molecule has 2 saturated carbocycles. The van der Waals surface area contributed by atoms with Crippen LogP contribution in [-0.2, 0) is 6.42 Å². The number of halogens is 2. The maximum absolute atomic E-state index is 15.2. The molecule has 1 nitrogen and oxygen atoms in total. The summed E-state index contributed by atoms with van der Waals surface area (Å²) in [4.78, 5) is 0. The Balaban J connectivity index is 2.18. The predicted molar refractivity (Wildman–Crippen MR) is 108 cm³/mol. The van der Waals surface area contributed by atoms with Crippen LogP contribution in [0.5, 0.6) is 5.75 Å². The van der Waals surface area contributed by atoms with Crippen molar-refractivity contribution in [3.05, 3.63) is 28.3 Å². The molecule has 0 aromatic heterocycles. The molecule has 3 heteroatoms. The van der Waals surface area contributed by atoms with Crippen molar-refractivity contribution in [3.63, 3.8) is 0 Å². The van der Waals surface area contributed by atoms with Gasteiger partial charge in [-0.05, 0) is 68.4 Å². The third-order valence-electron chi connectivity index (χ3n) is 6.61. The van der Waals surface area contributed by atoms with Crippen LogP contribution in [0.4, 0.5) is 8.78 Å². The van der Waals surface area contributed by atoms with Gasteiger partial charge in [0.25, 0.3) is 0 Å². The van der Waals surface area contributed by atoms with Crippen molar-refractivity contribution in [2.24, 2.45) is 0 Å². The summed E-state index contributed by atoms with van der Waals surface area (Å²) in [6.07, 6.45) is 14.2. The summed E-state index contributed by atoms with van der Waals surface area (Å²) in [5.41, 5.74) is 2.87. The standard InChI is InChI=1S/C24H36F2O/c1-3-5-16-19-20(17-12-8-6-9-13-17)21(18-14-10-7-11-15-18)24(27-4-2)23(26)22(19)25/h17-18H,3-16H2,1-2H3. The molecule has 0 atom stereocenters. The lowest BCUT2D eigenvalue weighted by atomic mass is 9.73. The first-order chi connectivity index (χ1) is 13.2. The Morgan fingerprint density at radius 2 is 1.33 bits per heavy atom. The quantitative estimate of drug-likeness (QED) is 0.470. The number of rotatable bonds is 7. The van der Waals surface area contributed by atoms with E-state index in [1.807, 2.05) is 6.92 Å². The normalized spacial score (nSPS) is 19.4. The minimum absolute atomic E-state index is 0.239. The zero-order valence-corrected chi connectivity index (χ0v) is 17.2. The molecule has 1 aromatic rings. The van der Waals surface area contributed by atoms with Crippen molar-refractivity contribution in [3.8, 4) is 5.75 Å². The highest BCUT2D eigenvalue weighted by molar-refractivity contribution is 5.51. The molecule has 0 spiro atoms. The molecule has 0 amide bonds. The van der Waals surface area contributed by atoms with E-state index in [1.165, 1.54) is 38.5 Å². The van der Waals surface area contributed by atoms with E-state index >= 15 is 8.78 Å². The van der Waals surface area contributed by atoms with Gasteiger partial charge in [-0.15, -0.1) is 0 Å². The van der Waals surface area contributed by atoms with Gasteiger partial charge in [-0.2, -0.15) is 4.39 Å². The van der Waals surface area contributed by atoms with Crippen LogP contribution in [0.3, 0.4) is 0 Å². The Bertz CT molecular complexity index is 614. The van der Waals surface area contributed by atoms with Crippen LogP contribution in [0.2, 0.25) is 0 Å². The lowest BCUT2D eigenvalue weighted by molar-refractivity contribution is 0.298. The second-order valence-electron chi connectivity index (χ2n) is 8.47. The van der Waals surface area contributed by atoms with E-state index in [2.05, 4.69) is 6.92 Å². The van der Waals surface area contributed by atoms with E-state index in [0.717, 1.165) is 49.7 Å². The van der Waals surface area contributed by atoms with Gasteiger partial charge in [0, 0.05) is 5.56 Å². The van der Waals surface area contributed by atoms with Crippen molar-refractivity contribution in [2.45, 2.75) is 109 Å². The summed E-state index contributed by atoms with van der Waals surface area (Å²) in [6.45, 7) is 4.37. The summed E-state index contributed by atoms with van der Waals surface area (Å²) in [7, 11) is 0. The molecule has 0 saturated heterocycles. The van der Waals surface area contributed by atoms with Gasteiger partial charge in [-0.1, -0.05) is 51.9 Å². The van der Waals surface area contributed by atoms with Gasteiger partial charge in [-0.3, -0.25) is 0 Å². The number of unbranched alkanes of at least 4 members (excludes halogenated alkanes) is 1. The van der Waals surface area contributed by atoms with Crippen molar-refractivity contribution in [2.75, 3.05) is 6.61 Å². The van der Waals surface area contributed by atoms with Gasteiger partial charge in [-0.25, -0.2) is 4.39 Å². The van der Waals surface area contributed by atoms with Crippen LogP contribution in [0, 0.1) is 11.6 Å². The first-order valence-electron chi connectivity index (χ1n) is 11.3. The number of benzene rings is 1. The Hall–Kier alpha value is -1.12. The van der Waals surface area contributed by atoms with E-state index in [0.29, 0.717) is 30.4 Å². The molecule has 0 heterocycles. The molecule has 3 rings (SSSR count). The van der Waals surface area contributed by atoms with E-state index in [9.17, 15) is 0 Å². The van der Waals surface area contributed by atoms with Gasteiger partial charge in [0.05, 0.1) is 6.61 Å². The average Bonchev–Trinajstić information content (AvgIpc) is 2.72. The van der Waals surface area contributed by atoms with Crippen molar-refractivity contribution in [1.29, 1.82) is 0 Å². The first-order valence-corrected chi connectivity index (χ1v) is 11.3. The summed E-state index contributed by atoms with van der Waals surface area (Å²) in [5, 5.41) is 0. The SMILES string of the molecule is CCCCc1c(F)c(F)c(OCC)c(C2CCCCC2)c1C1CCCCC1. The number of ether oxygens (including phenoxy) is 1. The van der Waals surface area contributed by atoms with Gasteiger partial charge in [0.15, 0.2) is 11.6 Å². The fraction of sp³-hybridized carbons (Fsp3) is 0.750. The Morgan fingerprint density at radius 3 is 1.85 bits per heavy atom. The van der Waals surface area contributed by atoms with Crippen LogP contribution in [-0.4, -0.2) is 6.61 Å². The molecular weight excluding hydrogens is 342 g/mol. The summed E-state index contributed by atoms with van der Waals surface area (Å²) < 4.78 is 36.1. The maximum atomic E-state index is 15.2. The molecular formula is C24H36F2O. The molecule has 0 unspecified atom stereocenters. The highest BCUT2D eigenvalue weighted by atomic mass is 19.2. The lowest BCUT2D eigenvalue weighted by Crippen LogP contribution is -2.19. The third-order valence-corrected chi connectivity index (χ3v) is 6.61. The summed E-state index contributed by atoms with van der Waals surface area (Å²) >= 11 is 0. The molecule has 152 valence electrons. The zero-order valence-electron chi connectivity index (χ0n) is 17.2. The average molecular weight is 379 g/mol. The van der Waals surface area contributed by atoms with E-state index in [4.69, 9.17) is 4.74 Å². The fourth-order valence-corrected chi connectivity index (χ4v) is 5.29. The van der Waals surface area contributed by atoms with Crippen molar-refractivity contribution < 1.29 is 13.5 Å². The smallest absolute Gasteiger partial charge is 0.201 e. The van der Waals surface area contributed by atoms with E-state index in [-0.39, 0.29) is 5.75 Å². The Kier molecular flexibility index (Phi) is 7.55. The highest BCUT2D eigenvalue weighted by Gasteiger charge is 2.34. The Morgan fingerprint density at radius 1 is 0.778 bits per heavy atom.